The Morgan fingerprint density at radius 2 is 1.62 bits per heavy atom. The topological polar surface area (TPSA) is 79.3 Å². The molecule has 1 amide bonds. The van der Waals surface area contributed by atoms with Crippen molar-refractivity contribution >= 4 is 17.6 Å². The lowest BCUT2D eigenvalue weighted by molar-refractivity contribution is -0.274. The number of carbonyl (C=O) groups is 2. The summed E-state index contributed by atoms with van der Waals surface area (Å²) >= 11 is 0. The first kappa shape index (κ1) is 24.6. The molecule has 192 valence electrons. The number of anilines is 1. The Labute approximate surface area is 210 Å². The summed E-state index contributed by atoms with van der Waals surface area (Å²) in [5, 5.41) is 9.15. The number of hydrogen-bond acceptors (Lipinski definition) is 5. The maximum Gasteiger partial charge on any atom is 0.573 e. The Balaban J connectivity index is 1.40. The summed E-state index contributed by atoms with van der Waals surface area (Å²) < 4.78 is 47.8. The lowest BCUT2D eigenvalue weighted by atomic mass is 10.1. The molecular formula is C27H23F3N2O5. The van der Waals surface area contributed by atoms with Crippen molar-refractivity contribution in [2.75, 3.05) is 11.4 Å². The van der Waals surface area contributed by atoms with Crippen LogP contribution in [0.3, 0.4) is 0 Å². The fourth-order valence-electron chi connectivity index (χ4n) is 4.77. The molecule has 37 heavy (non-hydrogen) atoms. The second-order valence-corrected chi connectivity index (χ2v) is 9.01. The maximum atomic E-state index is 13.9. The van der Waals surface area contributed by atoms with Crippen LogP contribution in [0.4, 0.5) is 18.9 Å². The van der Waals surface area contributed by atoms with Gasteiger partial charge in [0, 0.05) is 19.5 Å². The van der Waals surface area contributed by atoms with Crippen molar-refractivity contribution in [3.05, 3.63) is 89.5 Å². The van der Waals surface area contributed by atoms with Crippen LogP contribution in [-0.4, -0.2) is 46.9 Å². The van der Waals surface area contributed by atoms with Gasteiger partial charge in [0.05, 0.1) is 23.8 Å². The van der Waals surface area contributed by atoms with Crippen molar-refractivity contribution < 1.29 is 37.3 Å². The third kappa shape index (κ3) is 5.54. The number of carbonyl (C=O) groups excluding carboxylic acids is 1. The van der Waals surface area contributed by atoms with Gasteiger partial charge in [0.25, 0.3) is 0 Å². The zero-order valence-electron chi connectivity index (χ0n) is 19.5. The number of rotatable bonds is 6. The van der Waals surface area contributed by atoms with Gasteiger partial charge in [-0.1, -0.05) is 36.4 Å². The molecule has 0 radical (unpaired) electrons. The largest absolute Gasteiger partial charge is 0.573 e. The van der Waals surface area contributed by atoms with Crippen LogP contribution in [0.25, 0.3) is 0 Å². The summed E-state index contributed by atoms with van der Waals surface area (Å²) in [5.74, 6) is -0.927. The Kier molecular flexibility index (Phi) is 6.51. The van der Waals surface area contributed by atoms with Crippen LogP contribution in [0, 0.1) is 0 Å². The minimum Gasteiger partial charge on any atom is -0.487 e. The summed E-state index contributed by atoms with van der Waals surface area (Å²) in [6.45, 7) is 1.08. The van der Waals surface area contributed by atoms with E-state index in [1.165, 1.54) is 36.4 Å². The van der Waals surface area contributed by atoms with Gasteiger partial charge in [-0.25, -0.2) is 4.79 Å². The van der Waals surface area contributed by atoms with E-state index in [1.54, 1.807) is 35.2 Å². The highest BCUT2D eigenvalue weighted by molar-refractivity contribution is 5.99. The van der Waals surface area contributed by atoms with Crippen LogP contribution in [0.5, 0.6) is 11.5 Å². The second-order valence-electron chi connectivity index (χ2n) is 9.01. The van der Waals surface area contributed by atoms with E-state index < -0.39 is 18.4 Å². The predicted molar refractivity (Wildman–Crippen MR) is 127 cm³/mol. The molecule has 2 atom stereocenters. The molecule has 2 aliphatic heterocycles. The normalized spacial score (nSPS) is 19.5. The number of benzene rings is 3. The van der Waals surface area contributed by atoms with E-state index in [0.29, 0.717) is 36.5 Å². The highest BCUT2D eigenvalue weighted by Crippen LogP contribution is 2.37. The first-order chi connectivity index (χ1) is 17.7. The molecule has 7 nitrogen and oxygen atoms in total. The third-order valence-electron chi connectivity index (χ3n) is 6.45. The minimum atomic E-state index is -4.78. The third-order valence-corrected chi connectivity index (χ3v) is 6.45. The molecule has 2 heterocycles. The number of aromatic carboxylic acids is 1. The summed E-state index contributed by atoms with van der Waals surface area (Å²) in [6.07, 6.45) is -4.50. The Morgan fingerprint density at radius 3 is 2.30 bits per heavy atom. The first-order valence-corrected chi connectivity index (χ1v) is 11.6. The molecule has 0 aliphatic carbocycles. The van der Waals surface area contributed by atoms with E-state index in [9.17, 15) is 22.8 Å². The van der Waals surface area contributed by atoms with Crippen molar-refractivity contribution in [2.45, 2.75) is 38.0 Å². The van der Waals surface area contributed by atoms with E-state index in [1.807, 2.05) is 11.0 Å². The lowest BCUT2D eigenvalue weighted by Crippen LogP contribution is -2.45. The van der Waals surface area contributed by atoms with Crippen LogP contribution < -0.4 is 14.4 Å². The van der Waals surface area contributed by atoms with E-state index in [0.717, 1.165) is 5.56 Å². The van der Waals surface area contributed by atoms with E-state index >= 15 is 0 Å². The number of hydrogen-bond donors (Lipinski definition) is 1. The predicted octanol–water partition coefficient (Wildman–Crippen LogP) is 4.85. The number of amides is 1. The highest BCUT2D eigenvalue weighted by atomic mass is 19.4. The van der Waals surface area contributed by atoms with E-state index in [4.69, 9.17) is 9.84 Å². The van der Waals surface area contributed by atoms with Gasteiger partial charge in [0.15, 0.2) is 0 Å². The Morgan fingerprint density at radius 1 is 0.973 bits per heavy atom. The zero-order chi connectivity index (χ0) is 26.2. The van der Waals surface area contributed by atoms with Crippen molar-refractivity contribution in [3.8, 4) is 11.5 Å². The van der Waals surface area contributed by atoms with Gasteiger partial charge >= 0.3 is 12.3 Å². The molecule has 10 heteroatoms. The number of para-hydroxylation sites is 2. The summed E-state index contributed by atoms with van der Waals surface area (Å²) in [5.41, 5.74) is 2.27. The first-order valence-electron chi connectivity index (χ1n) is 11.6. The van der Waals surface area contributed by atoms with Crippen molar-refractivity contribution in [2.24, 2.45) is 0 Å². The van der Waals surface area contributed by atoms with Crippen molar-refractivity contribution in [3.63, 3.8) is 0 Å². The number of ether oxygens (including phenoxy) is 2. The van der Waals surface area contributed by atoms with E-state index in [2.05, 4.69) is 4.74 Å². The average Bonchev–Trinajstić information content (AvgIpc) is 3.25. The smallest absolute Gasteiger partial charge is 0.487 e. The molecule has 0 spiro atoms. The second kappa shape index (κ2) is 9.78. The number of carboxylic acid groups (broad SMARTS) is 1. The van der Waals surface area contributed by atoms with Gasteiger partial charge in [-0.2, -0.15) is 0 Å². The van der Waals surface area contributed by atoms with Gasteiger partial charge in [-0.05, 0) is 47.5 Å². The number of carboxylic acids is 1. The molecule has 3 aromatic rings. The summed E-state index contributed by atoms with van der Waals surface area (Å²) in [7, 11) is 0. The molecule has 2 bridgehead atoms. The van der Waals surface area contributed by atoms with Crippen LogP contribution in [0.2, 0.25) is 0 Å². The van der Waals surface area contributed by atoms with Crippen molar-refractivity contribution in [1.29, 1.82) is 0 Å². The molecule has 0 aromatic heterocycles. The van der Waals surface area contributed by atoms with Crippen molar-refractivity contribution in [1.82, 2.24) is 4.90 Å². The van der Waals surface area contributed by atoms with Gasteiger partial charge in [0.2, 0.25) is 5.91 Å². The number of halogens is 3. The molecular weight excluding hydrogens is 489 g/mol. The zero-order valence-corrected chi connectivity index (χ0v) is 19.5. The highest BCUT2D eigenvalue weighted by Gasteiger charge is 2.42. The van der Waals surface area contributed by atoms with Gasteiger partial charge < -0.3 is 19.5 Å². The molecule has 3 aromatic carbocycles. The molecule has 1 N–H and O–H groups in total. The standard InChI is InChI=1S/C27H23F3N2O5/c28-27(29,30)37-20-11-7-18(8-12-20)15-32-22-3-1-2-4-24(22)36-21-13-23(25(32)33)31(16-21)14-17-5-9-19(10-6-17)26(34)35/h1-12,21,23H,13-16H2,(H,34,35). The van der Waals surface area contributed by atoms with Crippen LogP contribution in [-0.2, 0) is 17.9 Å². The quantitative estimate of drug-likeness (QED) is 0.509. The van der Waals surface area contributed by atoms with E-state index in [-0.39, 0.29) is 29.9 Å². The maximum absolute atomic E-state index is 13.9. The Bertz CT molecular complexity index is 1290. The number of nitrogens with zero attached hydrogens (tertiary/aromatic N) is 2. The number of alkyl halides is 3. The SMILES string of the molecule is O=C(O)c1ccc(CN2CC3CC2C(=O)N(Cc2ccc(OC(F)(F)F)cc2)c2ccccc2O3)cc1. The molecule has 1 saturated heterocycles. The fraction of sp³-hybridized carbons (Fsp3) is 0.259. The molecule has 5 rings (SSSR count). The van der Waals surface area contributed by atoms with Gasteiger partial charge in [-0.15, -0.1) is 13.2 Å². The fourth-order valence-corrected chi connectivity index (χ4v) is 4.77. The summed E-state index contributed by atoms with van der Waals surface area (Å²) in [6, 6.07) is 18.7. The average molecular weight is 512 g/mol. The number of fused-ring (bicyclic) bond motifs is 3. The van der Waals surface area contributed by atoms with Gasteiger partial charge in [0.1, 0.15) is 17.6 Å². The summed E-state index contributed by atoms with van der Waals surface area (Å²) in [4.78, 5) is 28.7. The molecule has 0 saturated carbocycles. The minimum absolute atomic E-state index is 0.133. The van der Waals surface area contributed by atoms with Crippen LogP contribution in [0.15, 0.2) is 72.8 Å². The monoisotopic (exact) mass is 512 g/mol. The van der Waals surface area contributed by atoms with Crippen LogP contribution >= 0.6 is 0 Å². The van der Waals surface area contributed by atoms with Gasteiger partial charge in [-0.3, -0.25) is 9.69 Å². The molecule has 2 aliphatic rings. The Hall–Kier alpha value is -4.05. The lowest BCUT2D eigenvalue weighted by Gasteiger charge is -2.32. The van der Waals surface area contributed by atoms with Crippen LogP contribution in [0.1, 0.15) is 27.9 Å². The molecule has 2 unspecified atom stereocenters. The number of likely N-dealkylation sites (tertiary alicyclic amines) is 1. The molecule has 1 fully saturated rings.